The van der Waals surface area contributed by atoms with Crippen molar-refractivity contribution in [1.29, 1.82) is 0 Å². The van der Waals surface area contributed by atoms with Gasteiger partial charge in [-0.1, -0.05) is 31.5 Å². The molecule has 1 rings (SSSR count). The minimum absolute atomic E-state index is 0.233. The minimum Gasteiger partial charge on any atom is -0.326 e. The summed E-state index contributed by atoms with van der Waals surface area (Å²) in [6, 6.07) is 4.73. The molecule has 0 unspecified atom stereocenters. The third-order valence-corrected chi connectivity index (χ3v) is 5.07. The number of hydrogen-bond acceptors (Lipinski definition) is 3. The van der Waals surface area contributed by atoms with Crippen molar-refractivity contribution in [2.45, 2.75) is 38.1 Å². The van der Waals surface area contributed by atoms with Crippen molar-refractivity contribution in [1.82, 2.24) is 4.31 Å². The van der Waals surface area contributed by atoms with Crippen molar-refractivity contribution in [2.75, 3.05) is 13.1 Å². The van der Waals surface area contributed by atoms with Gasteiger partial charge in [-0.3, -0.25) is 0 Å². The van der Waals surface area contributed by atoms with Crippen molar-refractivity contribution in [3.05, 3.63) is 28.8 Å². The number of sulfonamides is 1. The van der Waals surface area contributed by atoms with E-state index in [4.69, 9.17) is 17.3 Å². The first-order valence-electron chi connectivity index (χ1n) is 6.46. The van der Waals surface area contributed by atoms with Crippen LogP contribution in [0.1, 0.15) is 32.3 Å². The zero-order chi connectivity index (χ0) is 14.5. The van der Waals surface area contributed by atoms with Gasteiger partial charge >= 0.3 is 0 Å². The van der Waals surface area contributed by atoms with E-state index in [1.54, 1.807) is 12.1 Å². The Bertz CT molecular complexity index is 511. The molecule has 0 saturated carbocycles. The van der Waals surface area contributed by atoms with Crippen LogP contribution in [0.2, 0.25) is 5.02 Å². The average molecular weight is 305 g/mol. The summed E-state index contributed by atoms with van der Waals surface area (Å²) in [4.78, 5) is 0.233. The van der Waals surface area contributed by atoms with E-state index in [1.807, 2.05) is 13.8 Å². The van der Waals surface area contributed by atoms with Gasteiger partial charge in [-0.2, -0.15) is 4.31 Å². The van der Waals surface area contributed by atoms with E-state index < -0.39 is 10.0 Å². The molecule has 108 valence electrons. The maximum atomic E-state index is 12.5. The van der Waals surface area contributed by atoms with Crippen molar-refractivity contribution < 1.29 is 8.42 Å². The van der Waals surface area contributed by atoms with Gasteiger partial charge in [0.25, 0.3) is 0 Å². The van der Waals surface area contributed by atoms with Crippen molar-refractivity contribution in [3.63, 3.8) is 0 Å². The summed E-state index contributed by atoms with van der Waals surface area (Å²) in [5, 5.41) is 0.400. The Hall–Kier alpha value is -0.620. The van der Waals surface area contributed by atoms with E-state index in [0.29, 0.717) is 24.7 Å². The highest BCUT2D eigenvalue weighted by Crippen LogP contribution is 2.23. The van der Waals surface area contributed by atoms with E-state index in [-0.39, 0.29) is 4.90 Å². The maximum absolute atomic E-state index is 12.5. The minimum atomic E-state index is -3.46. The molecule has 1 aromatic rings. The topological polar surface area (TPSA) is 63.4 Å². The van der Waals surface area contributed by atoms with E-state index >= 15 is 0 Å². The molecular formula is C13H21ClN2O2S. The van der Waals surface area contributed by atoms with Gasteiger partial charge in [-0.15, -0.1) is 0 Å². The molecule has 0 bridgehead atoms. The van der Waals surface area contributed by atoms with Crippen LogP contribution in [0.4, 0.5) is 0 Å². The first-order chi connectivity index (χ1) is 8.97. The van der Waals surface area contributed by atoms with Gasteiger partial charge in [-0.05, 0) is 30.5 Å². The number of benzene rings is 1. The molecule has 1 aromatic carbocycles. The largest absolute Gasteiger partial charge is 0.326 e. The Morgan fingerprint density at radius 2 is 1.79 bits per heavy atom. The molecule has 0 heterocycles. The second-order valence-corrected chi connectivity index (χ2v) is 6.71. The van der Waals surface area contributed by atoms with Crippen LogP contribution < -0.4 is 5.73 Å². The molecule has 19 heavy (non-hydrogen) atoms. The van der Waals surface area contributed by atoms with Crippen molar-refractivity contribution in [2.24, 2.45) is 5.73 Å². The van der Waals surface area contributed by atoms with Gasteiger partial charge < -0.3 is 5.73 Å². The van der Waals surface area contributed by atoms with Crippen LogP contribution in [-0.2, 0) is 16.6 Å². The lowest BCUT2D eigenvalue weighted by Gasteiger charge is -2.21. The fourth-order valence-corrected chi connectivity index (χ4v) is 3.83. The van der Waals surface area contributed by atoms with Gasteiger partial charge in [0.2, 0.25) is 10.0 Å². The first kappa shape index (κ1) is 16.4. The van der Waals surface area contributed by atoms with E-state index in [2.05, 4.69) is 0 Å². The van der Waals surface area contributed by atoms with Gasteiger partial charge in [0, 0.05) is 24.7 Å². The summed E-state index contributed by atoms with van der Waals surface area (Å²) in [5.41, 5.74) is 6.27. The summed E-state index contributed by atoms with van der Waals surface area (Å²) < 4.78 is 26.5. The van der Waals surface area contributed by atoms with Crippen LogP contribution in [0, 0.1) is 0 Å². The summed E-state index contributed by atoms with van der Waals surface area (Å²) in [6.07, 6.45) is 1.57. The smallest absolute Gasteiger partial charge is 0.243 e. The molecule has 0 saturated heterocycles. The second kappa shape index (κ2) is 7.24. The van der Waals surface area contributed by atoms with Crippen LogP contribution in [0.3, 0.4) is 0 Å². The van der Waals surface area contributed by atoms with Gasteiger partial charge in [0.15, 0.2) is 0 Å². The fraction of sp³-hybridized carbons (Fsp3) is 0.538. The number of nitrogens with two attached hydrogens (primary N) is 1. The molecule has 0 atom stereocenters. The molecule has 0 aliphatic heterocycles. The highest BCUT2D eigenvalue weighted by atomic mass is 35.5. The molecule has 4 nitrogen and oxygen atoms in total. The second-order valence-electron chi connectivity index (χ2n) is 4.36. The fourth-order valence-electron chi connectivity index (χ4n) is 1.85. The average Bonchev–Trinajstić information content (AvgIpc) is 2.38. The van der Waals surface area contributed by atoms with Crippen LogP contribution in [0.5, 0.6) is 0 Å². The van der Waals surface area contributed by atoms with Gasteiger partial charge in [-0.25, -0.2) is 8.42 Å². The molecule has 0 aliphatic carbocycles. The monoisotopic (exact) mass is 304 g/mol. The molecule has 0 fully saturated rings. The predicted molar refractivity (Wildman–Crippen MR) is 78.7 cm³/mol. The number of hydrogen-bond donors (Lipinski definition) is 1. The zero-order valence-electron chi connectivity index (χ0n) is 11.4. The van der Waals surface area contributed by atoms with E-state index in [1.165, 1.54) is 10.4 Å². The third-order valence-electron chi connectivity index (χ3n) is 2.83. The Balaban J connectivity index is 3.14. The Morgan fingerprint density at radius 3 is 2.21 bits per heavy atom. The third kappa shape index (κ3) is 3.92. The predicted octanol–water partition coefficient (Wildman–Crippen LogP) is 2.61. The quantitative estimate of drug-likeness (QED) is 0.842. The first-order valence-corrected chi connectivity index (χ1v) is 8.27. The van der Waals surface area contributed by atoms with Crippen LogP contribution >= 0.6 is 11.6 Å². The normalized spacial score (nSPS) is 12.1. The molecule has 0 radical (unpaired) electrons. The molecule has 0 amide bonds. The van der Waals surface area contributed by atoms with E-state index in [9.17, 15) is 8.42 Å². The number of rotatable bonds is 7. The molecule has 2 N–H and O–H groups in total. The Kier molecular flexibility index (Phi) is 6.26. The van der Waals surface area contributed by atoms with Crippen LogP contribution in [0.25, 0.3) is 0 Å². The molecular weight excluding hydrogens is 284 g/mol. The van der Waals surface area contributed by atoms with Gasteiger partial charge in [0.05, 0.1) is 4.90 Å². The summed E-state index contributed by atoms with van der Waals surface area (Å²) in [5.74, 6) is 0. The summed E-state index contributed by atoms with van der Waals surface area (Å²) in [6.45, 7) is 5.26. The van der Waals surface area contributed by atoms with Crippen LogP contribution in [-0.4, -0.2) is 25.8 Å². The lowest BCUT2D eigenvalue weighted by molar-refractivity contribution is 0.410. The van der Waals surface area contributed by atoms with Crippen molar-refractivity contribution >= 4 is 21.6 Å². The molecule has 6 heteroatoms. The maximum Gasteiger partial charge on any atom is 0.243 e. The highest BCUT2D eigenvalue weighted by molar-refractivity contribution is 7.89. The SMILES string of the molecule is CCCN(CCC)S(=O)(=O)c1ccc(CN)c(Cl)c1. The van der Waals surface area contributed by atoms with E-state index in [0.717, 1.165) is 18.4 Å². The van der Waals surface area contributed by atoms with Crippen LogP contribution in [0.15, 0.2) is 23.1 Å². The summed E-state index contributed by atoms with van der Waals surface area (Å²) in [7, 11) is -3.46. The Morgan fingerprint density at radius 1 is 1.21 bits per heavy atom. The lowest BCUT2D eigenvalue weighted by Crippen LogP contribution is -2.32. The van der Waals surface area contributed by atoms with Gasteiger partial charge in [0.1, 0.15) is 0 Å². The Labute approximate surface area is 120 Å². The number of halogens is 1. The lowest BCUT2D eigenvalue weighted by atomic mass is 10.2. The summed E-state index contributed by atoms with van der Waals surface area (Å²) >= 11 is 6.03. The van der Waals surface area contributed by atoms with Crippen molar-refractivity contribution in [3.8, 4) is 0 Å². The zero-order valence-corrected chi connectivity index (χ0v) is 13.0. The standard InChI is InChI=1S/C13H21ClN2O2S/c1-3-7-16(8-4-2)19(17,18)12-6-5-11(10-15)13(14)9-12/h5-6,9H,3-4,7-8,10,15H2,1-2H3. The molecule has 0 spiro atoms. The highest BCUT2D eigenvalue weighted by Gasteiger charge is 2.23. The molecule has 0 aromatic heterocycles. The number of nitrogens with zero attached hydrogens (tertiary/aromatic N) is 1. The molecule has 0 aliphatic rings.